The summed E-state index contributed by atoms with van der Waals surface area (Å²) < 4.78 is 14.0. The highest BCUT2D eigenvalue weighted by atomic mass is 32.2. The number of allylic oxidation sites excluding steroid dienone is 1. The Hall–Kier alpha value is -4.04. The van der Waals surface area contributed by atoms with E-state index >= 15 is 0 Å². The third kappa shape index (κ3) is 6.39. The summed E-state index contributed by atoms with van der Waals surface area (Å²) in [5.41, 5.74) is 5.16. The van der Waals surface area contributed by atoms with Gasteiger partial charge in [0.15, 0.2) is 0 Å². The van der Waals surface area contributed by atoms with Crippen LogP contribution in [-0.2, 0) is 22.7 Å². The lowest BCUT2D eigenvalue weighted by Crippen LogP contribution is -2.30. The Morgan fingerprint density at radius 2 is 1.68 bits per heavy atom. The molecule has 3 aromatic carbocycles. The number of para-hydroxylation sites is 1. The fourth-order valence-corrected chi connectivity index (χ4v) is 5.45. The van der Waals surface area contributed by atoms with Crippen LogP contribution in [0.25, 0.3) is 0 Å². The van der Waals surface area contributed by atoms with E-state index in [1.165, 1.54) is 5.56 Å². The largest absolute Gasteiger partial charge is 0.489 e. The number of fused-ring (bicyclic) bond motifs is 1. The topological polar surface area (TPSA) is 78.3 Å². The number of nitrogens with zero attached hydrogens (tertiary/aromatic N) is 3. The van der Waals surface area contributed by atoms with E-state index in [1.807, 2.05) is 61.5 Å². The van der Waals surface area contributed by atoms with Crippen LogP contribution in [0.15, 0.2) is 95.3 Å². The van der Waals surface area contributed by atoms with Crippen molar-refractivity contribution in [3.8, 4) is 5.75 Å². The normalized spacial score (nSPS) is 14.4. The van der Waals surface area contributed by atoms with Gasteiger partial charge >= 0.3 is 5.97 Å². The maximum Gasteiger partial charge on any atom is 0.338 e. The minimum atomic E-state index is -0.568. The Labute approximate surface area is 239 Å². The third-order valence-corrected chi connectivity index (χ3v) is 7.65. The molecule has 1 unspecified atom stereocenters. The van der Waals surface area contributed by atoms with Crippen molar-refractivity contribution in [2.45, 2.75) is 58.0 Å². The summed E-state index contributed by atoms with van der Waals surface area (Å²) in [5.74, 6) is 1.79. The summed E-state index contributed by atoms with van der Waals surface area (Å²) in [4.78, 5) is 18.4. The highest BCUT2D eigenvalue weighted by molar-refractivity contribution is 7.99. The van der Waals surface area contributed by atoms with Crippen LogP contribution in [-0.4, -0.2) is 26.5 Å². The van der Waals surface area contributed by atoms with E-state index < -0.39 is 12.0 Å². The highest BCUT2D eigenvalue weighted by Crippen LogP contribution is 2.40. The highest BCUT2D eigenvalue weighted by Gasteiger charge is 2.37. The number of aryl methyl sites for hydroxylation is 1. The Balaban J connectivity index is 1.49. The lowest BCUT2D eigenvalue weighted by atomic mass is 9.95. The summed E-state index contributed by atoms with van der Waals surface area (Å²) >= 11 is 1.62. The molecule has 0 saturated heterocycles. The number of unbranched alkanes of at least 4 members (excludes halogenated alkanes) is 1. The predicted octanol–water partition coefficient (Wildman–Crippen LogP) is 7.09. The number of hydrogen-bond donors (Lipinski definition) is 1. The average molecular weight is 555 g/mol. The van der Waals surface area contributed by atoms with Crippen LogP contribution < -0.4 is 10.1 Å². The first kappa shape index (κ1) is 27.5. The number of anilines is 1. The van der Waals surface area contributed by atoms with E-state index in [0.29, 0.717) is 34.7 Å². The number of esters is 1. The molecule has 0 radical (unpaired) electrons. The maximum atomic E-state index is 13.7. The van der Waals surface area contributed by atoms with Gasteiger partial charge in [-0.15, -0.1) is 5.10 Å². The van der Waals surface area contributed by atoms with Crippen molar-refractivity contribution in [3.05, 3.63) is 112 Å². The van der Waals surface area contributed by atoms with Crippen LogP contribution in [0.3, 0.4) is 0 Å². The van der Waals surface area contributed by atoms with Crippen LogP contribution >= 0.6 is 11.8 Å². The van der Waals surface area contributed by atoms with E-state index in [9.17, 15) is 4.79 Å². The third-order valence-electron chi connectivity index (χ3n) is 6.72. The van der Waals surface area contributed by atoms with E-state index in [-0.39, 0.29) is 6.61 Å². The van der Waals surface area contributed by atoms with Crippen molar-refractivity contribution < 1.29 is 14.3 Å². The number of carbonyl (C=O) groups excluding carboxylic acids is 1. The van der Waals surface area contributed by atoms with Crippen LogP contribution in [0.2, 0.25) is 0 Å². The zero-order chi connectivity index (χ0) is 27.9. The van der Waals surface area contributed by atoms with Gasteiger partial charge in [0.1, 0.15) is 25.0 Å². The summed E-state index contributed by atoms with van der Waals surface area (Å²) in [5, 5.41) is 8.81. The minimum Gasteiger partial charge on any atom is -0.489 e. The van der Waals surface area contributed by atoms with Crippen molar-refractivity contribution in [2.75, 3.05) is 11.1 Å². The number of hydrogen-bond acceptors (Lipinski definition) is 7. The van der Waals surface area contributed by atoms with Crippen LogP contribution in [0.1, 0.15) is 55.0 Å². The second-order valence-electron chi connectivity index (χ2n) is 9.80. The Morgan fingerprint density at radius 1 is 0.950 bits per heavy atom. The van der Waals surface area contributed by atoms with Crippen molar-refractivity contribution >= 4 is 23.7 Å². The second-order valence-corrected chi connectivity index (χ2v) is 10.9. The first-order chi connectivity index (χ1) is 19.5. The molecule has 0 saturated carbocycles. The first-order valence-corrected chi connectivity index (χ1v) is 14.6. The molecule has 0 fully saturated rings. The van der Waals surface area contributed by atoms with Crippen molar-refractivity contribution in [2.24, 2.45) is 0 Å². The molecule has 1 atom stereocenters. The molecule has 7 nitrogen and oxygen atoms in total. The molecular formula is C32H34N4O3S. The van der Waals surface area contributed by atoms with Gasteiger partial charge in [-0.05, 0) is 37.5 Å². The standard InChI is InChI=1S/C32H34N4O3S/c1-4-5-19-40-32-34-31-33-23(3)28(30(37)39-21-24-11-7-6-8-12-24)29(36(31)35-32)26-13-9-10-14-27(26)38-20-25-17-15-22(2)16-18-25/h6-18,29H,4-5,19-21H2,1-3H3,(H,33,34,35). The number of aromatic nitrogens is 3. The van der Waals surface area contributed by atoms with E-state index in [1.54, 1.807) is 16.4 Å². The van der Waals surface area contributed by atoms with Gasteiger partial charge in [-0.1, -0.05) is 103 Å². The zero-order valence-corrected chi connectivity index (χ0v) is 23.9. The van der Waals surface area contributed by atoms with E-state index in [4.69, 9.17) is 19.6 Å². The van der Waals surface area contributed by atoms with Gasteiger partial charge in [0.25, 0.3) is 0 Å². The molecule has 40 heavy (non-hydrogen) atoms. The van der Waals surface area contributed by atoms with Gasteiger partial charge in [-0.3, -0.25) is 0 Å². The van der Waals surface area contributed by atoms with Crippen LogP contribution in [0.5, 0.6) is 5.75 Å². The van der Waals surface area contributed by atoms with Crippen molar-refractivity contribution in [1.82, 2.24) is 14.8 Å². The molecule has 0 aliphatic carbocycles. The zero-order valence-electron chi connectivity index (χ0n) is 23.1. The van der Waals surface area contributed by atoms with Crippen molar-refractivity contribution in [1.29, 1.82) is 0 Å². The number of ether oxygens (including phenoxy) is 2. The maximum absolute atomic E-state index is 13.7. The molecular weight excluding hydrogens is 520 g/mol. The lowest BCUT2D eigenvalue weighted by Gasteiger charge is -2.29. The molecule has 5 rings (SSSR count). The Bertz CT molecular complexity index is 1480. The molecule has 206 valence electrons. The summed E-state index contributed by atoms with van der Waals surface area (Å²) in [6.45, 7) is 6.69. The van der Waals surface area contributed by atoms with Crippen LogP contribution in [0, 0.1) is 6.92 Å². The Morgan fingerprint density at radius 3 is 2.45 bits per heavy atom. The quantitative estimate of drug-likeness (QED) is 0.120. The Kier molecular flexibility index (Phi) is 8.86. The van der Waals surface area contributed by atoms with Crippen LogP contribution in [0.4, 0.5) is 5.95 Å². The van der Waals surface area contributed by atoms with Gasteiger partial charge in [0.2, 0.25) is 11.1 Å². The predicted molar refractivity (Wildman–Crippen MR) is 158 cm³/mol. The second kappa shape index (κ2) is 12.9. The minimum absolute atomic E-state index is 0.178. The number of rotatable bonds is 11. The SMILES string of the molecule is CCCCSc1nc2n(n1)C(c1ccccc1OCc1ccc(C)cc1)C(C(=O)OCc1ccccc1)=C(C)N2. The lowest BCUT2D eigenvalue weighted by molar-refractivity contribution is -0.140. The van der Waals surface area contributed by atoms with E-state index in [0.717, 1.165) is 35.3 Å². The molecule has 0 bridgehead atoms. The summed E-state index contributed by atoms with van der Waals surface area (Å²) in [6, 6.07) is 25.2. The number of benzene rings is 3. The fourth-order valence-electron chi connectivity index (χ4n) is 4.54. The van der Waals surface area contributed by atoms with Gasteiger partial charge in [-0.2, -0.15) is 4.98 Å². The van der Waals surface area contributed by atoms with Gasteiger partial charge in [0.05, 0.1) is 5.57 Å². The van der Waals surface area contributed by atoms with Gasteiger partial charge in [-0.25, -0.2) is 9.48 Å². The molecule has 0 spiro atoms. The van der Waals surface area contributed by atoms with Crippen molar-refractivity contribution in [3.63, 3.8) is 0 Å². The molecule has 1 N–H and O–H groups in total. The molecule has 1 aliphatic heterocycles. The monoisotopic (exact) mass is 554 g/mol. The van der Waals surface area contributed by atoms with E-state index in [2.05, 4.69) is 43.4 Å². The molecule has 4 aromatic rings. The smallest absolute Gasteiger partial charge is 0.338 e. The first-order valence-electron chi connectivity index (χ1n) is 13.6. The summed E-state index contributed by atoms with van der Waals surface area (Å²) in [6.07, 6.45) is 2.18. The molecule has 1 aromatic heterocycles. The number of thioether (sulfide) groups is 1. The molecule has 1 aliphatic rings. The summed E-state index contributed by atoms with van der Waals surface area (Å²) in [7, 11) is 0. The van der Waals surface area contributed by atoms with Gasteiger partial charge < -0.3 is 14.8 Å². The molecule has 8 heteroatoms. The fraction of sp³-hybridized carbons (Fsp3) is 0.281. The van der Waals surface area contributed by atoms with Gasteiger partial charge in [0, 0.05) is 17.0 Å². The number of carbonyl (C=O) groups is 1. The number of nitrogens with one attached hydrogen (secondary N) is 1. The molecule has 2 heterocycles. The average Bonchev–Trinajstić information content (AvgIpc) is 3.38. The molecule has 0 amide bonds.